The molecular formula is C14H17N7O2. The van der Waals surface area contributed by atoms with Crippen LogP contribution in [-0.2, 0) is 18.3 Å². The Bertz CT molecular complexity index is 809. The van der Waals surface area contributed by atoms with E-state index in [1.807, 2.05) is 30.2 Å². The van der Waals surface area contributed by atoms with Gasteiger partial charge in [-0.25, -0.2) is 0 Å². The average Bonchev–Trinajstić information content (AvgIpc) is 3.22. The van der Waals surface area contributed by atoms with Crippen LogP contribution in [0.1, 0.15) is 13.3 Å². The van der Waals surface area contributed by atoms with Gasteiger partial charge in [0.05, 0.1) is 26.0 Å². The van der Waals surface area contributed by atoms with Crippen molar-refractivity contribution >= 4 is 0 Å². The summed E-state index contributed by atoms with van der Waals surface area (Å²) in [6.45, 7) is 4.47. The van der Waals surface area contributed by atoms with E-state index in [1.54, 1.807) is 4.68 Å². The number of aryl methyl sites for hydroxylation is 1. The van der Waals surface area contributed by atoms with E-state index in [-0.39, 0.29) is 5.41 Å². The highest BCUT2D eigenvalue weighted by molar-refractivity contribution is 5.52. The molecule has 0 amide bonds. The summed E-state index contributed by atoms with van der Waals surface area (Å²) in [6.07, 6.45) is 4.70. The molecule has 1 saturated heterocycles. The molecule has 4 rings (SSSR count). The van der Waals surface area contributed by atoms with Crippen molar-refractivity contribution in [1.29, 1.82) is 0 Å². The lowest BCUT2D eigenvalue weighted by Gasteiger charge is -2.40. The largest absolute Gasteiger partial charge is 0.380 e. The number of hydrogen-bond acceptors (Lipinski definition) is 7. The minimum Gasteiger partial charge on any atom is -0.380 e. The summed E-state index contributed by atoms with van der Waals surface area (Å²) >= 11 is 0. The number of aromatic nitrogens is 7. The van der Waals surface area contributed by atoms with Gasteiger partial charge in [0.25, 0.3) is 5.89 Å². The molecule has 23 heavy (non-hydrogen) atoms. The van der Waals surface area contributed by atoms with Crippen LogP contribution in [0.15, 0.2) is 23.0 Å². The van der Waals surface area contributed by atoms with Gasteiger partial charge in [-0.05, 0) is 12.5 Å². The maximum absolute atomic E-state index is 5.34. The molecule has 0 N–H and O–H groups in total. The molecule has 9 heteroatoms. The second-order valence-electron chi connectivity index (χ2n) is 5.95. The Kier molecular flexibility index (Phi) is 3.22. The van der Waals surface area contributed by atoms with Gasteiger partial charge < -0.3 is 9.26 Å². The van der Waals surface area contributed by atoms with Gasteiger partial charge in [-0.3, -0.25) is 9.36 Å². The van der Waals surface area contributed by atoms with Gasteiger partial charge in [-0.1, -0.05) is 17.3 Å². The first-order valence-corrected chi connectivity index (χ1v) is 7.49. The fourth-order valence-corrected chi connectivity index (χ4v) is 2.58. The molecule has 0 atom stereocenters. The quantitative estimate of drug-likeness (QED) is 0.696. The van der Waals surface area contributed by atoms with Gasteiger partial charge >= 0.3 is 0 Å². The van der Waals surface area contributed by atoms with Gasteiger partial charge in [0.15, 0.2) is 5.69 Å². The Morgan fingerprint density at radius 3 is 2.83 bits per heavy atom. The number of rotatable bonds is 5. The Hall–Kier alpha value is -2.55. The molecule has 0 radical (unpaired) electrons. The highest BCUT2D eigenvalue weighted by atomic mass is 16.5. The Morgan fingerprint density at radius 1 is 1.30 bits per heavy atom. The van der Waals surface area contributed by atoms with E-state index in [0.717, 1.165) is 26.2 Å². The molecule has 0 aromatic carbocycles. The van der Waals surface area contributed by atoms with Crippen LogP contribution in [0.3, 0.4) is 0 Å². The van der Waals surface area contributed by atoms with Crippen LogP contribution in [0.5, 0.6) is 0 Å². The maximum Gasteiger partial charge on any atom is 0.280 e. The van der Waals surface area contributed by atoms with E-state index in [1.165, 1.54) is 0 Å². The molecule has 0 aliphatic carbocycles. The summed E-state index contributed by atoms with van der Waals surface area (Å²) in [5, 5.41) is 16.5. The number of ether oxygens (including phenoxy) is 1. The van der Waals surface area contributed by atoms with Crippen LogP contribution in [-0.4, -0.2) is 48.1 Å². The van der Waals surface area contributed by atoms with E-state index in [9.17, 15) is 0 Å². The minimum absolute atomic E-state index is 0.166. The van der Waals surface area contributed by atoms with Gasteiger partial charge in [-0.15, -0.1) is 5.10 Å². The molecule has 1 fully saturated rings. The third kappa shape index (κ3) is 2.52. The van der Waals surface area contributed by atoms with Crippen LogP contribution in [0.4, 0.5) is 0 Å². The van der Waals surface area contributed by atoms with E-state index >= 15 is 0 Å². The molecular weight excluding hydrogens is 298 g/mol. The van der Waals surface area contributed by atoms with Crippen molar-refractivity contribution in [3.63, 3.8) is 0 Å². The van der Waals surface area contributed by atoms with E-state index in [0.29, 0.717) is 23.1 Å². The molecule has 3 aromatic rings. The molecule has 1 aliphatic heterocycles. The Labute approximate surface area is 132 Å². The maximum atomic E-state index is 5.34. The zero-order chi connectivity index (χ0) is 15.9. The van der Waals surface area contributed by atoms with Crippen LogP contribution >= 0.6 is 0 Å². The zero-order valence-corrected chi connectivity index (χ0v) is 13.0. The van der Waals surface area contributed by atoms with E-state index < -0.39 is 0 Å². The topological polar surface area (TPSA) is 96.7 Å². The standard InChI is InChI=1S/C14H17N7O2/c1-3-14(8-22-9-14)7-21-6-11(16-19-21)13-15-12(18-23-13)10-4-5-20(2)17-10/h4-6H,3,7-9H2,1-2H3. The van der Waals surface area contributed by atoms with Crippen LogP contribution in [0.25, 0.3) is 23.1 Å². The van der Waals surface area contributed by atoms with Crippen molar-refractivity contribution in [3.8, 4) is 23.1 Å². The summed E-state index contributed by atoms with van der Waals surface area (Å²) in [4.78, 5) is 4.33. The third-order valence-electron chi connectivity index (χ3n) is 4.19. The summed E-state index contributed by atoms with van der Waals surface area (Å²) in [6, 6.07) is 1.83. The molecule has 1 aliphatic rings. The van der Waals surface area contributed by atoms with Gasteiger partial charge in [0.1, 0.15) is 5.69 Å². The predicted octanol–water partition coefficient (Wildman–Crippen LogP) is 1.16. The average molecular weight is 315 g/mol. The highest BCUT2D eigenvalue weighted by Gasteiger charge is 2.37. The van der Waals surface area contributed by atoms with Crippen LogP contribution in [0.2, 0.25) is 0 Å². The van der Waals surface area contributed by atoms with E-state index in [2.05, 4.69) is 32.5 Å². The molecule has 0 bridgehead atoms. The molecule has 3 aromatic heterocycles. The van der Waals surface area contributed by atoms with Crippen molar-refractivity contribution in [2.75, 3.05) is 13.2 Å². The number of hydrogen-bond donors (Lipinski definition) is 0. The minimum atomic E-state index is 0.166. The summed E-state index contributed by atoms with van der Waals surface area (Å²) in [5.41, 5.74) is 1.39. The molecule has 0 spiro atoms. The van der Waals surface area contributed by atoms with Crippen molar-refractivity contribution in [2.45, 2.75) is 19.9 Å². The summed E-state index contributed by atoms with van der Waals surface area (Å²) in [7, 11) is 1.84. The normalized spacial score (nSPS) is 16.4. The Balaban J connectivity index is 1.54. The van der Waals surface area contributed by atoms with Crippen molar-refractivity contribution in [3.05, 3.63) is 18.5 Å². The molecule has 0 unspecified atom stereocenters. The molecule has 0 saturated carbocycles. The lowest BCUT2D eigenvalue weighted by Crippen LogP contribution is -2.45. The summed E-state index contributed by atoms with van der Waals surface area (Å²) < 4.78 is 14.1. The van der Waals surface area contributed by atoms with Crippen molar-refractivity contribution in [2.24, 2.45) is 12.5 Å². The zero-order valence-electron chi connectivity index (χ0n) is 13.0. The second kappa shape index (κ2) is 5.27. The van der Waals surface area contributed by atoms with Gasteiger partial charge in [0, 0.05) is 18.7 Å². The monoisotopic (exact) mass is 315 g/mol. The Morgan fingerprint density at radius 2 is 2.17 bits per heavy atom. The van der Waals surface area contributed by atoms with Gasteiger partial charge in [-0.2, -0.15) is 10.1 Å². The molecule has 120 valence electrons. The SMILES string of the molecule is CCC1(Cn2cc(-c3nc(-c4ccn(C)n4)no3)nn2)COC1. The molecule has 9 nitrogen and oxygen atoms in total. The van der Waals surface area contributed by atoms with E-state index in [4.69, 9.17) is 9.26 Å². The first-order valence-electron chi connectivity index (χ1n) is 7.49. The van der Waals surface area contributed by atoms with Gasteiger partial charge in [0.2, 0.25) is 5.82 Å². The fraction of sp³-hybridized carbons (Fsp3) is 0.500. The van der Waals surface area contributed by atoms with Crippen molar-refractivity contribution < 1.29 is 9.26 Å². The predicted molar refractivity (Wildman–Crippen MR) is 79.1 cm³/mol. The number of nitrogens with zero attached hydrogens (tertiary/aromatic N) is 7. The van der Waals surface area contributed by atoms with Crippen molar-refractivity contribution in [1.82, 2.24) is 34.9 Å². The smallest absolute Gasteiger partial charge is 0.280 e. The second-order valence-corrected chi connectivity index (χ2v) is 5.95. The lowest BCUT2D eigenvalue weighted by molar-refractivity contribution is -0.125. The first kappa shape index (κ1) is 14.1. The van der Waals surface area contributed by atoms with Crippen LogP contribution < -0.4 is 0 Å². The van der Waals surface area contributed by atoms with Crippen LogP contribution in [0, 0.1) is 5.41 Å². The first-order chi connectivity index (χ1) is 11.2. The lowest BCUT2D eigenvalue weighted by atomic mass is 9.83. The highest BCUT2D eigenvalue weighted by Crippen LogP contribution is 2.33. The summed E-state index contributed by atoms with van der Waals surface area (Å²) in [5.74, 6) is 0.778. The molecule has 4 heterocycles. The fourth-order valence-electron chi connectivity index (χ4n) is 2.58. The third-order valence-corrected chi connectivity index (χ3v) is 4.19.